The van der Waals surface area contributed by atoms with Gasteiger partial charge in [-0.15, -0.1) is 0 Å². The van der Waals surface area contributed by atoms with E-state index in [1.54, 1.807) is 17.6 Å². The first-order chi connectivity index (χ1) is 15.6. The Balaban J connectivity index is 1.80. The van der Waals surface area contributed by atoms with Gasteiger partial charge < -0.3 is 4.74 Å². The summed E-state index contributed by atoms with van der Waals surface area (Å²) in [5, 5.41) is 0. The summed E-state index contributed by atoms with van der Waals surface area (Å²) in [4.78, 5) is 30.9. The predicted octanol–water partition coefficient (Wildman–Crippen LogP) is 3.74. The van der Waals surface area contributed by atoms with E-state index in [1.807, 2.05) is 85.0 Å². The fourth-order valence-corrected chi connectivity index (χ4v) is 4.52. The molecule has 4 rings (SSSR count). The van der Waals surface area contributed by atoms with Crippen molar-refractivity contribution in [2.24, 2.45) is 4.99 Å². The van der Waals surface area contributed by atoms with Crippen LogP contribution < -0.4 is 14.9 Å². The summed E-state index contributed by atoms with van der Waals surface area (Å²) >= 11 is 1.30. The summed E-state index contributed by atoms with van der Waals surface area (Å²) in [6.07, 6.45) is 9.33. The van der Waals surface area contributed by atoms with Gasteiger partial charge in [-0.05, 0) is 24.1 Å². The Morgan fingerprint density at radius 3 is 2.28 bits per heavy atom. The van der Waals surface area contributed by atoms with E-state index >= 15 is 0 Å². The van der Waals surface area contributed by atoms with Crippen LogP contribution >= 0.6 is 11.3 Å². The number of fused-ring (bicyclic) bond motifs is 1. The van der Waals surface area contributed by atoms with E-state index in [-0.39, 0.29) is 5.56 Å². The monoisotopic (exact) mass is 442 g/mol. The molecule has 0 bridgehead atoms. The maximum atomic E-state index is 13.3. The normalized spacial score (nSPS) is 16.4. The zero-order chi connectivity index (χ0) is 22.5. The number of ether oxygens (including phenoxy) is 1. The van der Waals surface area contributed by atoms with Crippen molar-refractivity contribution in [3.8, 4) is 0 Å². The first-order valence-electron chi connectivity index (χ1n) is 10.1. The summed E-state index contributed by atoms with van der Waals surface area (Å²) in [6.45, 7) is 1.77. The van der Waals surface area contributed by atoms with Gasteiger partial charge in [-0.1, -0.05) is 96.3 Å². The van der Waals surface area contributed by atoms with Gasteiger partial charge in [-0.25, -0.2) is 9.79 Å². The molecule has 0 radical (unpaired) electrons. The third-order valence-corrected chi connectivity index (χ3v) is 6.08. The van der Waals surface area contributed by atoms with Gasteiger partial charge in [0.1, 0.15) is 0 Å². The third kappa shape index (κ3) is 4.45. The van der Waals surface area contributed by atoms with Crippen LogP contribution in [0, 0.1) is 0 Å². The van der Waals surface area contributed by atoms with Crippen molar-refractivity contribution in [3.63, 3.8) is 0 Å². The van der Waals surface area contributed by atoms with Crippen molar-refractivity contribution in [2.75, 3.05) is 7.11 Å². The quantitative estimate of drug-likeness (QED) is 0.566. The van der Waals surface area contributed by atoms with Gasteiger partial charge in [-0.3, -0.25) is 9.36 Å². The average Bonchev–Trinajstić information content (AvgIpc) is 3.13. The van der Waals surface area contributed by atoms with Gasteiger partial charge in [0.25, 0.3) is 5.56 Å². The number of carbonyl (C=O) groups is 1. The lowest BCUT2D eigenvalue weighted by Crippen LogP contribution is -2.38. The number of thiazole rings is 1. The summed E-state index contributed by atoms with van der Waals surface area (Å²) in [6, 6.07) is 19.0. The molecular weight excluding hydrogens is 420 g/mol. The minimum atomic E-state index is -0.598. The van der Waals surface area contributed by atoms with E-state index in [0.29, 0.717) is 20.6 Å². The molecule has 160 valence electrons. The topological polar surface area (TPSA) is 60.7 Å². The van der Waals surface area contributed by atoms with Crippen LogP contribution in [0.1, 0.15) is 24.1 Å². The largest absolute Gasteiger partial charge is 0.466 e. The van der Waals surface area contributed by atoms with E-state index in [1.165, 1.54) is 18.4 Å². The zero-order valence-corrected chi connectivity index (χ0v) is 18.6. The number of carbonyl (C=O) groups excluding carboxylic acids is 1. The molecule has 0 N–H and O–H groups in total. The van der Waals surface area contributed by atoms with Crippen LogP contribution in [0.2, 0.25) is 0 Å². The van der Waals surface area contributed by atoms with Gasteiger partial charge in [0, 0.05) is 0 Å². The van der Waals surface area contributed by atoms with E-state index in [9.17, 15) is 9.59 Å². The van der Waals surface area contributed by atoms with Crippen LogP contribution in [0.4, 0.5) is 0 Å². The van der Waals surface area contributed by atoms with Crippen LogP contribution in [-0.4, -0.2) is 17.6 Å². The van der Waals surface area contributed by atoms with Gasteiger partial charge >= 0.3 is 5.97 Å². The number of benzene rings is 2. The number of aromatic nitrogens is 1. The zero-order valence-electron chi connectivity index (χ0n) is 17.8. The van der Waals surface area contributed by atoms with Gasteiger partial charge in [0.15, 0.2) is 4.80 Å². The summed E-state index contributed by atoms with van der Waals surface area (Å²) in [5.41, 5.74) is 2.73. The highest BCUT2D eigenvalue weighted by Gasteiger charge is 2.29. The number of esters is 1. The first-order valence-corrected chi connectivity index (χ1v) is 11.0. The highest BCUT2D eigenvalue weighted by Crippen LogP contribution is 2.26. The summed E-state index contributed by atoms with van der Waals surface area (Å²) in [5.74, 6) is -0.493. The number of nitrogens with zero attached hydrogens (tertiary/aromatic N) is 2. The smallest absolute Gasteiger partial charge is 0.338 e. The molecular formula is C26H22N2O3S. The van der Waals surface area contributed by atoms with Crippen LogP contribution in [0.25, 0.3) is 18.2 Å². The molecule has 2 aromatic carbocycles. The molecule has 0 saturated carbocycles. The van der Waals surface area contributed by atoms with Crippen molar-refractivity contribution in [1.82, 2.24) is 4.57 Å². The molecule has 1 aromatic heterocycles. The highest BCUT2D eigenvalue weighted by atomic mass is 32.1. The van der Waals surface area contributed by atoms with Crippen molar-refractivity contribution < 1.29 is 9.53 Å². The Kier molecular flexibility index (Phi) is 6.42. The molecule has 32 heavy (non-hydrogen) atoms. The first kappa shape index (κ1) is 21.5. The molecule has 0 saturated heterocycles. The van der Waals surface area contributed by atoms with Crippen molar-refractivity contribution in [1.29, 1.82) is 0 Å². The van der Waals surface area contributed by atoms with Crippen molar-refractivity contribution in [3.05, 3.63) is 115 Å². The lowest BCUT2D eigenvalue weighted by atomic mass is 10.0. The fourth-order valence-electron chi connectivity index (χ4n) is 3.51. The Bertz CT molecular complexity index is 1390. The molecule has 5 nitrogen and oxygen atoms in total. The molecule has 1 unspecified atom stereocenters. The molecule has 3 aromatic rings. The number of hydrogen-bond acceptors (Lipinski definition) is 5. The molecule has 0 aliphatic carbocycles. The lowest BCUT2D eigenvalue weighted by molar-refractivity contribution is -0.136. The maximum absolute atomic E-state index is 13.3. The van der Waals surface area contributed by atoms with E-state index in [0.717, 1.165) is 11.1 Å². The van der Waals surface area contributed by atoms with Gasteiger partial charge in [-0.2, -0.15) is 0 Å². The SMILES string of the molecule is COC(=O)C1=C(C)N=c2sc(=C/C=C/c3ccccc3)c(=O)n2C1/C=C/c1ccccc1. The molecule has 1 aliphatic heterocycles. The van der Waals surface area contributed by atoms with Gasteiger partial charge in [0.2, 0.25) is 0 Å². The molecule has 1 atom stereocenters. The molecule has 2 heterocycles. The second-order valence-electron chi connectivity index (χ2n) is 7.18. The number of hydrogen-bond donors (Lipinski definition) is 0. The summed E-state index contributed by atoms with van der Waals surface area (Å²) in [7, 11) is 1.33. The summed E-state index contributed by atoms with van der Waals surface area (Å²) < 4.78 is 7.11. The molecule has 0 amide bonds. The maximum Gasteiger partial charge on any atom is 0.338 e. The third-order valence-electron chi connectivity index (χ3n) is 5.08. The number of rotatable bonds is 5. The highest BCUT2D eigenvalue weighted by molar-refractivity contribution is 7.07. The molecule has 1 aliphatic rings. The van der Waals surface area contributed by atoms with E-state index in [4.69, 9.17) is 4.74 Å². The van der Waals surface area contributed by atoms with Crippen LogP contribution in [0.5, 0.6) is 0 Å². The van der Waals surface area contributed by atoms with Crippen LogP contribution in [0.3, 0.4) is 0 Å². The van der Waals surface area contributed by atoms with Gasteiger partial charge in [0.05, 0.1) is 29.0 Å². The lowest BCUT2D eigenvalue weighted by Gasteiger charge is -2.21. The van der Waals surface area contributed by atoms with E-state index < -0.39 is 12.0 Å². The molecule has 0 spiro atoms. The standard InChI is InChI=1S/C26H22N2O3S/c1-18-23(25(30)31-2)21(17-16-20-12-7-4-8-13-20)28-24(29)22(32-26(28)27-18)15-9-14-19-10-5-3-6-11-19/h3-17,21H,1-2H3/b14-9+,17-16+,22-15?. The Hall–Kier alpha value is -3.77. The van der Waals surface area contributed by atoms with E-state index in [2.05, 4.69) is 4.99 Å². The second-order valence-corrected chi connectivity index (χ2v) is 8.19. The van der Waals surface area contributed by atoms with Crippen LogP contribution in [-0.2, 0) is 9.53 Å². The molecule has 6 heteroatoms. The average molecular weight is 443 g/mol. The second kappa shape index (κ2) is 9.58. The fraction of sp³-hybridized carbons (Fsp3) is 0.115. The number of allylic oxidation sites excluding steroid dienone is 3. The van der Waals surface area contributed by atoms with Crippen LogP contribution in [0.15, 0.2) is 93.9 Å². The molecule has 0 fully saturated rings. The minimum absolute atomic E-state index is 0.192. The Morgan fingerprint density at radius 1 is 1.03 bits per heavy atom. The Labute approximate surface area is 189 Å². The van der Waals surface area contributed by atoms with Crippen molar-refractivity contribution in [2.45, 2.75) is 13.0 Å². The Morgan fingerprint density at radius 2 is 1.66 bits per heavy atom. The predicted molar refractivity (Wildman–Crippen MR) is 129 cm³/mol. The van der Waals surface area contributed by atoms with Crippen molar-refractivity contribution >= 4 is 35.5 Å². The number of methoxy groups -OCH3 is 1. The minimum Gasteiger partial charge on any atom is -0.466 e.